The molecular formula is C14H12N2S. The van der Waals surface area contributed by atoms with Crippen molar-refractivity contribution >= 4 is 21.6 Å². The molecule has 2 aromatic heterocycles. The van der Waals surface area contributed by atoms with Gasteiger partial charge in [0.25, 0.3) is 0 Å². The third kappa shape index (κ3) is 1.94. The maximum Gasteiger partial charge on any atom is 0.143 e. The van der Waals surface area contributed by atoms with E-state index in [1.807, 2.05) is 25.1 Å². The maximum absolute atomic E-state index is 4.64. The lowest BCUT2D eigenvalue weighted by atomic mass is 10.2. The van der Waals surface area contributed by atoms with E-state index >= 15 is 0 Å². The molecule has 2 heterocycles. The van der Waals surface area contributed by atoms with Crippen molar-refractivity contribution in [2.24, 2.45) is 0 Å². The summed E-state index contributed by atoms with van der Waals surface area (Å²) < 4.78 is 1.22. The summed E-state index contributed by atoms with van der Waals surface area (Å²) in [4.78, 5) is 9.15. The molecule has 1 aromatic carbocycles. The second-order valence-corrected chi connectivity index (χ2v) is 5.19. The van der Waals surface area contributed by atoms with E-state index < -0.39 is 0 Å². The Kier molecular flexibility index (Phi) is 2.41. The molecule has 3 aromatic rings. The minimum atomic E-state index is 0.962. The van der Waals surface area contributed by atoms with Crippen molar-refractivity contribution in [1.29, 1.82) is 0 Å². The van der Waals surface area contributed by atoms with Crippen LogP contribution in [0.5, 0.6) is 0 Å². The van der Waals surface area contributed by atoms with E-state index in [-0.39, 0.29) is 0 Å². The van der Waals surface area contributed by atoms with Crippen molar-refractivity contribution in [3.8, 4) is 10.7 Å². The first-order chi connectivity index (χ1) is 8.22. The Morgan fingerprint density at radius 2 is 1.88 bits per heavy atom. The first-order valence-corrected chi connectivity index (χ1v) is 6.35. The van der Waals surface area contributed by atoms with Crippen molar-refractivity contribution < 1.29 is 0 Å². The summed E-state index contributed by atoms with van der Waals surface area (Å²) in [6, 6.07) is 12.4. The molecule has 3 rings (SSSR count). The number of rotatable bonds is 1. The first kappa shape index (κ1) is 10.4. The molecule has 0 spiro atoms. The van der Waals surface area contributed by atoms with Crippen molar-refractivity contribution in [3.05, 3.63) is 47.7 Å². The van der Waals surface area contributed by atoms with Gasteiger partial charge in [-0.2, -0.15) is 0 Å². The Morgan fingerprint density at radius 1 is 1.00 bits per heavy atom. The highest BCUT2D eigenvalue weighted by Crippen LogP contribution is 2.29. The van der Waals surface area contributed by atoms with Crippen molar-refractivity contribution in [2.75, 3.05) is 0 Å². The van der Waals surface area contributed by atoms with Gasteiger partial charge in [0.1, 0.15) is 5.01 Å². The van der Waals surface area contributed by atoms with E-state index in [2.05, 4.69) is 35.1 Å². The molecule has 3 heteroatoms. The Labute approximate surface area is 104 Å². The Morgan fingerprint density at radius 3 is 2.71 bits per heavy atom. The van der Waals surface area contributed by atoms with Gasteiger partial charge in [-0.1, -0.05) is 12.1 Å². The highest BCUT2D eigenvalue weighted by molar-refractivity contribution is 7.21. The molecular weight excluding hydrogens is 228 g/mol. The zero-order chi connectivity index (χ0) is 11.8. The number of benzene rings is 1. The van der Waals surface area contributed by atoms with Crippen LogP contribution in [0.3, 0.4) is 0 Å². The second kappa shape index (κ2) is 3.93. The van der Waals surface area contributed by atoms with Crippen LogP contribution >= 0.6 is 11.3 Å². The summed E-state index contributed by atoms with van der Waals surface area (Å²) in [6.45, 7) is 4.09. The van der Waals surface area contributed by atoms with Crippen molar-refractivity contribution in [1.82, 2.24) is 9.97 Å². The summed E-state index contributed by atoms with van der Waals surface area (Å²) in [5, 5.41) is 0.995. The van der Waals surface area contributed by atoms with Crippen LogP contribution in [0.25, 0.3) is 20.9 Å². The molecule has 0 aliphatic heterocycles. The predicted octanol–water partition coefficient (Wildman–Crippen LogP) is 3.98. The van der Waals surface area contributed by atoms with Crippen LogP contribution in [-0.2, 0) is 0 Å². The quantitative estimate of drug-likeness (QED) is 0.643. The van der Waals surface area contributed by atoms with Crippen LogP contribution in [0.4, 0.5) is 0 Å². The lowest BCUT2D eigenvalue weighted by Crippen LogP contribution is -1.84. The van der Waals surface area contributed by atoms with Crippen molar-refractivity contribution in [2.45, 2.75) is 13.8 Å². The van der Waals surface area contributed by atoms with Crippen LogP contribution in [-0.4, -0.2) is 9.97 Å². The molecule has 0 radical (unpaired) electrons. The fourth-order valence-electron chi connectivity index (χ4n) is 1.81. The average Bonchev–Trinajstić information content (AvgIpc) is 2.72. The number of aromatic nitrogens is 2. The van der Waals surface area contributed by atoms with Crippen LogP contribution in [0, 0.1) is 13.8 Å². The average molecular weight is 240 g/mol. The van der Waals surface area contributed by atoms with E-state index in [4.69, 9.17) is 0 Å². The van der Waals surface area contributed by atoms with Gasteiger partial charge in [-0.25, -0.2) is 4.98 Å². The van der Waals surface area contributed by atoms with Crippen LogP contribution in [0.2, 0.25) is 0 Å². The minimum Gasteiger partial charge on any atom is -0.251 e. The molecule has 0 bridgehead atoms. The van der Waals surface area contributed by atoms with Crippen molar-refractivity contribution in [3.63, 3.8) is 0 Å². The zero-order valence-electron chi connectivity index (χ0n) is 9.77. The van der Waals surface area contributed by atoms with Gasteiger partial charge in [0.2, 0.25) is 0 Å². The lowest BCUT2D eigenvalue weighted by Gasteiger charge is -1.95. The second-order valence-electron chi connectivity index (χ2n) is 4.15. The van der Waals surface area contributed by atoms with Gasteiger partial charge in [0.15, 0.2) is 0 Å². The highest BCUT2D eigenvalue weighted by atomic mass is 32.1. The van der Waals surface area contributed by atoms with Gasteiger partial charge in [0, 0.05) is 5.69 Å². The monoisotopic (exact) mass is 240 g/mol. The Hall–Kier alpha value is -1.74. The predicted molar refractivity (Wildman–Crippen MR) is 72.3 cm³/mol. The van der Waals surface area contributed by atoms with E-state index in [1.165, 1.54) is 10.3 Å². The fourth-order valence-corrected chi connectivity index (χ4v) is 2.72. The summed E-state index contributed by atoms with van der Waals surface area (Å²) >= 11 is 1.69. The fraction of sp³-hybridized carbons (Fsp3) is 0.143. The molecule has 0 fully saturated rings. The Balaban J connectivity index is 2.18. The summed E-state index contributed by atoms with van der Waals surface area (Å²) in [6.07, 6.45) is 0. The highest BCUT2D eigenvalue weighted by Gasteiger charge is 2.07. The number of hydrogen-bond acceptors (Lipinski definition) is 3. The summed E-state index contributed by atoms with van der Waals surface area (Å²) in [7, 11) is 0. The molecule has 0 saturated carbocycles. The van der Waals surface area contributed by atoms with Gasteiger partial charge in [-0.3, -0.25) is 4.98 Å². The molecule has 0 N–H and O–H groups in total. The van der Waals surface area contributed by atoms with Crippen LogP contribution < -0.4 is 0 Å². The molecule has 0 saturated heterocycles. The minimum absolute atomic E-state index is 0.962. The standard InChI is InChI=1S/C14H12N2S/c1-9-6-7-13-12(8-9)16-14(17-13)11-5-3-4-10(2)15-11/h3-8H,1-2H3. The van der Waals surface area contributed by atoms with E-state index in [1.54, 1.807) is 11.3 Å². The smallest absolute Gasteiger partial charge is 0.143 e. The summed E-state index contributed by atoms with van der Waals surface area (Å²) in [5.74, 6) is 0. The van der Waals surface area contributed by atoms with Gasteiger partial charge < -0.3 is 0 Å². The lowest BCUT2D eigenvalue weighted by molar-refractivity contribution is 1.20. The number of nitrogens with zero attached hydrogens (tertiary/aromatic N) is 2. The first-order valence-electron chi connectivity index (χ1n) is 5.53. The maximum atomic E-state index is 4.64. The normalized spacial score (nSPS) is 10.9. The Bertz CT molecular complexity index is 686. The largest absolute Gasteiger partial charge is 0.251 e. The number of hydrogen-bond donors (Lipinski definition) is 0. The number of pyridine rings is 1. The topological polar surface area (TPSA) is 25.8 Å². The molecule has 84 valence electrons. The van der Waals surface area contributed by atoms with E-state index in [0.29, 0.717) is 0 Å². The van der Waals surface area contributed by atoms with Crippen LogP contribution in [0.1, 0.15) is 11.3 Å². The van der Waals surface area contributed by atoms with Gasteiger partial charge in [0.05, 0.1) is 15.9 Å². The summed E-state index contributed by atoms with van der Waals surface area (Å²) in [5.41, 5.74) is 4.29. The number of fused-ring (bicyclic) bond motifs is 1. The third-order valence-corrected chi connectivity index (χ3v) is 3.71. The third-order valence-electron chi connectivity index (χ3n) is 2.65. The molecule has 17 heavy (non-hydrogen) atoms. The molecule has 0 amide bonds. The van der Waals surface area contributed by atoms with E-state index in [9.17, 15) is 0 Å². The van der Waals surface area contributed by atoms with Gasteiger partial charge in [-0.05, 0) is 43.7 Å². The molecule has 2 nitrogen and oxygen atoms in total. The SMILES string of the molecule is Cc1ccc2sc(-c3cccc(C)n3)nc2c1. The molecule has 0 aliphatic carbocycles. The number of thiazole rings is 1. The zero-order valence-corrected chi connectivity index (χ0v) is 10.6. The van der Waals surface area contributed by atoms with Gasteiger partial charge in [-0.15, -0.1) is 11.3 Å². The molecule has 0 atom stereocenters. The molecule has 0 unspecified atom stereocenters. The van der Waals surface area contributed by atoms with Crippen LogP contribution in [0.15, 0.2) is 36.4 Å². The molecule has 0 aliphatic rings. The van der Waals surface area contributed by atoms with Gasteiger partial charge >= 0.3 is 0 Å². The van der Waals surface area contributed by atoms with E-state index in [0.717, 1.165) is 21.9 Å². The number of aryl methyl sites for hydroxylation is 2.